The molecule has 1 amide bonds. The van der Waals surface area contributed by atoms with E-state index in [-0.39, 0.29) is 12.0 Å². The Kier molecular flexibility index (Phi) is 5.07. The predicted molar refractivity (Wildman–Crippen MR) is 72.0 cm³/mol. The summed E-state index contributed by atoms with van der Waals surface area (Å²) in [6, 6.07) is -0.166. The van der Waals surface area contributed by atoms with Crippen molar-refractivity contribution >= 4 is 23.7 Å². The first-order chi connectivity index (χ1) is 8.68. The zero-order chi connectivity index (χ0) is 14.7. The summed E-state index contributed by atoms with van der Waals surface area (Å²) in [6.45, 7) is 8.14. The SMILES string of the molecule is CC(C)(C)OC(=O)N1CCCC(C)(C(=O)OCCl)C1. The number of alkyl halides is 1. The van der Waals surface area contributed by atoms with Crippen molar-refractivity contribution in [2.24, 2.45) is 5.41 Å². The number of hydrogen-bond acceptors (Lipinski definition) is 4. The van der Waals surface area contributed by atoms with E-state index in [4.69, 9.17) is 21.1 Å². The number of carbonyl (C=O) groups excluding carboxylic acids is 2. The fourth-order valence-electron chi connectivity index (χ4n) is 2.11. The molecule has 1 heterocycles. The minimum atomic E-state index is -0.704. The third-order valence-electron chi connectivity index (χ3n) is 3.03. The van der Waals surface area contributed by atoms with Crippen LogP contribution in [-0.4, -0.2) is 41.7 Å². The van der Waals surface area contributed by atoms with Crippen LogP contribution < -0.4 is 0 Å². The van der Waals surface area contributed by atoms with Crippen LogP contribution in [0.15, 0.2) is 0 Å². The van der Waals surface area contributed by atoms with Crippen molar-refractivity contribution in [3.8, 4) is 0 Å². The van der Waals surface area contributed by atoms with Crippen LogP contribution in [0.1, 0.15) is 40.5 Å². The molecule has 1 fully saturated rings. The van der Waals surface area contributed by atoms with Gasteiger partial charge in [-0.25, -0.2) is 4.79 Å². The van der Waals surface area contributed by atoms with Gasteiger partial charge in [-0.3, -0.25) is 4.79 Å². The van der Waals surface area contributed by atoms with Crippen molar-refractivity contribution < 1.29 is 19.1 Å². The number of esters is 1. The molecule has 1 atom stereocenters. The lowest BCUT2D eigenvalue weighted by molar-refractivity contribution is -0.155. The Morgan fingerprint density at radius 3 is 2.53 bits per heavy atom. The summed E-state index contributed by atoms with van der Waals surface area (Å²) in [7, 11) is 0. The molecule has 110 valence electrons. The number of piperidine rings is 1. The molecule has 0 saturated carbocycles. The Morgan fingerprint density at radius 2 is 2.00 bits per heavy atom. The number of ether oxygens (including phenoxy) is 2. The molecule has 0 aromatic heterocycles. The van der Waals surface area contributed by atoms with E-state index in [1.807, 2.05) is 20.8 Å². The van der Waals surface area contributed by atoms with Crippen LogP contribution in [0.25, 0.3) is 0 Å². The molecule has 0 bridgehead atoms. The van der Waals surface area contributed by atoms with Gasteiger partial charge in [-0.05, 0) is 40.5 Å². The summed E-state index contributed by atoms with van der Waals surface area (Å²) in [5, 5.41) is 0. The van der Waals surface area contributed by atoms with Crippen molar-refractivity contribution in [3.05, 3.63) is 0 Å². The van der Waals surface area contributed by atoms with E-state index in [9.17, 15) is 9.59 Å². The van der Waals surface area contributed by atoms with Gasteiger partial charge in [-0.15, -0.1) is 0 Å². The molecule has 1 saturated heterocycles. The van der Waals surface area contributed by atoms with Crippen molar-refractivity contribution in [3.63, 3.8) is 0 Å². The molecule has 0 spiro atoms. The highest BCUT2D eigenvalue weighted by atomic mass is 35.5. The molecular formula is C13H22ClNO4. The summed E-state index contributed by atoms with van der Waals surface area (Å²) in [5.41, 5.74) is -1.24. The lowest BCUT2D eigenvalue weighted by Gasteiger charge is -2.38. The number of amides is 1. The first kappa shape index (κ1) is 16.1. The molecule has 0 N–H and O–H groups in total. The van der Waals surface area contributed by atoms with Crippen LogP contribution in [0, 0.1) is 5.41 Å². The van der Waals surface area contributed by atoms with Gasteiger partial charge in [0.05, 0.1) is 5.41 Å². The van der Waals surface area contributed by atoms with E-state index in [0.29, 0.717) is 19.5 Å². The van der Waals surface area contributed by atoms with Gasteiger partial charge in [0.2, 0.25) is 0 Å². The monoisotopic (exact) mass is 291 g/mol. The zero-order valence-corrected chi connectivity index (χ0v) is 12.7. The number of carbonyl (C=O) groups is 2. The summed E-state index contributed by atoms with van der Waals surface area (Å²) in [6.07, 6.45) is 1.03. The molecule has 5 nitrogen and oxygen atoms in total. The maximum Gasteiger partial charge on any atom is 0.410 e. The molecule has 6 heteroatoms. The summed E-state index contributed by atoms with van der Waals surface area (Å²) >= 11 is 5.42. The van der Waals surface area contributed by atoms with Gasteiger partial charge in [-0.1, -0.05) is 11.6 Å². The maximum absolute atomic E-state index is 12.0. The molecule has 0 aliphatic carbocycles. The highest BCUT2D eigenvalue weighted by Crippen LogP contribution is 2.31. The van der Waals surface area contributed by atoms with Gasteiger partial charge >= 0.3 is 12.1 Å². The number of rotatable bonds is 2. The van der Waals surface area contributed by atoms with Gasteiger partial charge in [-0.2, -0.15) is 0 Å². The van der Waals surface area contributed by atoms with Crippen LogP contribution >= 0.6 is 11.6 Å². The van der Waals surface area contributed by atoms with Crippen molar-refractivity contribution in [1.29, 1.82) is 0 Å². The number of halogens is 1. The molecule has 1 aliphatic rings. The van der Waals surface area contributed by atoms with Gasteiger partial charge in [0, 0.05) is 13.1 Å². The van der Waals surface area contributed by atoms with E-state index < -0.39 is 17.1 Å². The van der Waals surface area contributed by atoms with E-state index >= 15 is 0 Å². The first-order valence-electron chi connectivity index (χ1n) is 6.39. The standard InChI is InChI=1S/C13H22ClNO4/c1-12(2,3)19-11(17)15-7-5-6-13(4,8-15)10(16)18-9-14/h5-9H2,1-4H3. The second-order valence-electron chi connectivity index (χ2n) is 6.11. The third kappa shape index (κ3) is 4.56. The van der Waals surface area contributed by atoms with Gasteiger partial charge in [0.15, 0.2) is 6.07 Å². The Balaban J connectivity index is 2.68. The van der Waals surface area contributed by atoms with Crippen molar-refractivity contribution in [1.82, 2.24) is 4.90 Å². The maximum atomic E-state index is 12.0. The molecule has 0 aromatic rings. The third-order valence-corrected chi connectivity index (χ3v) is 3.14. The fraction of sp³-hybridized carbons (Fsp3) is 0.846. The highest BCUT2D eigenvalue weighted by Gasteiger charge is 2.41. The smallest absolute Gasteiger partial charge is 0.410 e. The van der Waals surface area contributed by atoms with E-state index in [1.54, 1.807) is 11.8 Å². The summed E-state index contributed by atoms with van der Waals surface area (Å²) < 4.78 is 10.2. The molecule has 1 aliphatic heterocycles. The van der Waals surface area contributed by atoms with E-state index in [0.717, 1.165) is 6.42 Å². The first-order valence-corrected chi connectivity index (χ1v) is 6.92. The lowest BCUT2D eigenvalue weighted by Crippen LogP contribution is -2.50. The Bertz CT molecular complexity index is 353. The quantitative estimate of drug-likeness (QED) is 0.580. The molecule has 0 aromatic carbocycles. The predicted octanol–water partition coefficient (Wildman–Crippen LogP) is 2.76. The minimum Gasteiger partial charge on any atom is -0.449 e. The number of hydrogen-bond donors (Lipinski definition) is 0. The van der Waals surface area contributed by atoms with E-state index in [1.165, 1.54) is 0 Å². The van der Waals surface area contributed by atoms with Crippen LogP contribution in [0.2, 0.25) is 0 Å². The van der Waals surface area contributed by atoms with Crippen LogP contribution in [0.3, 0.4) is 0 Å². The number of nitrogens with zero attached hydrogens (tertiary/aromatic N) is 1. The van der Waals surface area contributed by atoms with Gasteiger partial charge in [0.25, 0.3) is 0 Å². The van der Waals surface area contributed by atoms with Gasteiger partial charge < -0.3 is 14.4 Å². The molecule has 1 rings (SSSR count). The average Bonchev–Trinajstić information content (AvgIpc) is 2.27. The van der Waals surface area contributed by atoms with E-state index in [2.05, 4.69) is 0 Å². The van der Waals surface area contributed by atoms with Crippen LogP contribution in [0.5, 0.6) is 0 Å². The van der Waals surface area contributed by atoms with Crippen molar-refractivity contribution in [2.45, 2.75) is 46.1 Å². The van der Waals surface area contributed by atoms with Crippen molar-refractivity contribution in [2.75, 3.05) is 19.2 Å². The molecule has 19 heavy (non-hydrogen) atoms. The Morgan fingerprint density at radius 1 is 1.37 bits per heavy atom. The topological polar surface area (TPSA) is 55.8 Å². The minimum absolute atomic E-state index is 0.166. The van der Waals surface area contributed by atoms with Crippen LogP contribution in [0.4, 0.5) is 4.79 Å². The molecular weight excluding hydrogens is 270 g/mol. The highest BCUT2D eigenvalue weighted by molar-refractivity contribution is 6.17. The second-order valence-corrected chi connectivity index (χ2v) is 6.33. The normalized spacial score (nSPS) is 23.9. The summed E-state index contributed by atoms with van der Waals surface area (Å²) in [5.74, 6) is -0.365. The molecule has 0 radical (unpaired) electrons. The average molecular weight is 292 g/mol. The van der Waals surface area contributed by atoms with Gasteiger partial charge in [0.1, 0.15) is 5.60 Å². The Hall–Kier alpha value is -0.970. The van der Waals surface area contributed by atoms with Crippen LogP contribution in [-0.2, 0) is 14.3 Å². The summed E-state index contributed by atoms with van der Waals surface area (Å²) in [4.78, 5) is 25.5. The fourth-order valence-corrected chi connectivity index (χ4v) is 2.21. The zero-order valence-electron chi connectivity index (χ0n) is 12.0. The Labute approximate surface area is 119 Å². The second kappa shape index (κ2) is 5.99. The largest absolute Gasteiger partial charge is 0.449 e. The lowest BCUT2D eigenvalue weighted by atomic mass is 9.82. The number of likely N-dealkylation sites (tertiary alicyclic amines) is 1. The molecule has 1 unspecified atom stereocenters.